The molecule has 4 nitrogen and oxygen atoms in total. The maximum absolute atomic E-state index is 12.5. The summed E-state index contributed by atoms with van der Waals surface area (Å²) < 4.78 is 0. The molecule has 0 saturated carbocycles. The summed E-state index contributed by atoms with van der Waals surface area (Å²) in [5.74, 6) is -0.539. The first-order chi connectivity index (χ1) is 10.6. The summed E-state index contributed by atoms with van der Waals surface area (Å²) in [6, 6.07) is 18.1. The number of amides is 1. The van der Waals surface area contributed by atoms with Gasteiger partial charge in [-0.1, -0.05) is 67.2 Å². The Bertz CT molecular complexity index is 653. The molecule has 0 aliphatic rings. The molecular formula is C18H18N2O2. The van der Waals surface area contributed by atoms with Gasteiger partial charge in [-0.3, -0.25) is 10.2 Å². The van der Waals surface area contributed by atoms with E-state index in [0.717, 1.165) is 5.56 Å². The molecule has 2 aromatic rings. The van der Waals surface area contributed by atoms with Gasteiger partial charge in [-0.15, -0.1) is 0 Å². The Labute approximate surface area is 129 Å². The highest BCUT2D eigenvalue weighted by atomic mass is 16.3. The van der Waals surface area contributed by atoms with Crippen LogP contribution in [0.2, 0.25) is 0 Å². The molecule has 0 bridgehead atoms. The molecule has 2 N–H and O–H groups in total. The first kappa shape index (κ1) is 15.7. The van der Waals surface area contributed by atoms with Crippen molar-refractivity contribution in [1.29, 1.82) is 5.41 Å². The van der Waals surface area contributed by atoms with E-state index >= 15 is 0 Å². The van der Waals surface area contributed by atoms with Crippen molar-refractivity contribution in [2.24, 2.45) is 0 Å². The fourth-order valence-electron chi connectivity index (χ4n) is 2.06. The normalized spacial score (nSPS) is 11.5. The highest BCUT2D eigenvalue weighted by molar-refractivity contribution is 6.44. The van der Waals surface area contributed by atoms with Gasteiger partial charge in [-0.2, -0.15) is 0 Å². The van der Waals surface area contributed by atoms with Crippen LogP contribution < -0.4 is 0 Å². The molecular weight excluding hydrogens is 276 g/mol. The molecule has 2 aromatic carbocycles. The minimum atomic E-state index is -1.14. The second kappa shape index (κ2) is 7.33. The molecule has 0 aliphatic heterocycles. The van der Waals surface area contributed by atoms with Crippen molar-refractivity contribution in [2.45, 2.75) is 12.8 Å². The Morgan fingerprint density at radius 1 is 1.14 bits per heavy atom. The minimum absolute atomic E-state index is 0.155. The van der Waals surface area contributed by atoms with Crippen LogP contribution in [0.25, 0.3) is 0 Å². The molecule has 0 saturated heterocycles. The fourth-order valence-corrected chi connectivity index (χ4v) is 2.06. The van der Waals surface area contributed by atoms with E-state index in [-0.39, 0.29) is 12.3 Å². The minimum Gasteiger partial charge on any atom is -0.370 e. The number of hydrogen-bond donors (Lipinski definition) is 2. The van der Waals surface area contributed by atoms with E-state index in [1.807, 2.05) is 36.4 Å². The first-order valence-electron chi connectivity index (χ1n) is 6.93. The maximum atomic E-state index is 12.5. The molecule has 1 amide bonds. The average Bonchev–Trinajstić information content (AvgIpc) is 2.59. The summed E-state index contributed by atoms with van der Waals surface area (Å²) in [5.41, 5.74) is 1.23. The van der Waals surface area contributed by atoms with E-state index in [2.05, 4.69) is 6.58 Å². The Morgan fingerprint density at radius 2 is 1.68 bits per heavy atom. The van der Waals surface area contributed by atoms with Crippen molar-refractivity contribution in [3.8, 4) is 0 Å². The zero-order valence-electron chi connectivity index (χ0n) is 12.1. The van der Waals surface area contributed by atoms with Gasteiger partial charge < -0.3 is 10.0 Å². The summed E-state index contributed by atoms with van der Waals surface area (Å²) in [6.45, 7) is 3.73. The van der Waals surface area contributed by atoms with Crippen LogP contribution in [0.1, 0.15) is 11.1 Å². The lowest BCUT2D eigenvalue weighted by Crippen LogP contribution is -2.42. The number of rotatable bonds is 6. The predicted octanol–water partition coefficient (Wildman–Crippen LogP) is 2.59. The van der Waals surface area contributed by atoms with E-state index in [0.29, 0.717) is 5.56 Å². The molecule has 1 atom stereocenters. The van der Waals surface area contributed by atoms with Crippen LogP contribution in [-0.2, 0) is 11.3 Å². The molecule has 2 rings (SSSR count). The first-order valence-corrected chi connectivity index (χ1v) is 6.93. The molecule has 22 heavy (non-hydrogen) atoms. The number of nitrogens with one attached hydrogen (secondary N) is 1. The number of carbonyl (C=O) groups excluding carboxylic acids is 1. The standard InChI is InChI=1S/C18H18N2O2/c1-2-16(21)20(13-14-9-5-3-6-10-14)18(22)17(19)15-11-7-4-8-12-15/h2-12,16,19,21H,1,13H2. The van der Waals surface area contributed by atoms with Crippen LogP contribution in [0.15, 0.2) is 73.3 Å². The zero-order valence-corrected chi connectivity index (χ0v) is 12.1. The molecule has 0 radical (unpaired) electrons. The van der Waals surface area contributed by atoms with Crippen molar-refractivity contribution in [3.05, 3.63) is 84.4 Å². The van der Waals surface area contributed by atoms with Crippen molar-refractivity contribution < 1.29 is 9.90 Å². The third kappa shape index (κ3) is 3.68. The molecule has 0 fully saturated rings. The van der Waals surface area contributed by atoms with Crippen LogP contribution in [0.5, 0.6) is 0 Å². The van der Waals surface area contributed by atoms with Gasteiger partial charge >= 0.3 is 0 Å². The molecule has 0 spiro atoms. The molecule has 1 unspecified atom stereocenters. The molecule has 0 aromatic heterocycles. The molecule has 0 aliphatic carbocycles. The van der Waals surface area contributed by atoms with Crippen molar-refractivity contribution >= 4 is 11.6 Å². The number of aliphatic hydroxyl groups is 1. The van der Waals surface area contributed by atoms with E-state index in [4.69, 9.17) is 5.41 Å². The SMILES string of the molecule is C=CC(O)N(Cc1ccccc1)C(=O)C(=N)c1ccccc1. The monoisotopic (exact) mass is 294 g/mol. The summed E-state index contributed by atoms with van der Waals surface area (Å²) in [7, 11) is 0. The van der Waals surface area contributed by atoms with Gasteiger partial charge in [0.05, 0.1) is 0 Å². The molecule has 0 heterocycles. The number of carbonyl (C=O) groups is 1. The van der Waals surface area contributed by atoms with Gasteiger partial charge in [0.25, 0.3) is 5.91 Å². The van der Waals surface area contributed by atoms with E-state index in [9.17, 15) is 9.90 Å². The third-order valence-corrected chi connectivity index (χ3v) is 3.26. The Balaban J connectivity index is 2.23. The van der Waals surface area contributed by atoms with Crippen LogP contribution in [-0.4, -0.2) is 27.9 Å². The van der Waals surface area contributed by atoms with Crippen molar-refractivity contribution in [1.82, 2.24) is 4.90 Å². The lowest BCUT2D eigenvalue weighted by atomic mass is 10.1. The van der Waals surface area contributed by atoms with Gasteiger partial charge in [0.15, 0.2) is 0 Å². The van der Waals surface area contributed by atoms with E-state index < -0.39 is 12.1 Å². The van der Waals surface area contributed by atoms with Crippen LogP contribution in [0.3, 0.4) is 0 Å². The highest BCUT2D eigenvalue weighted by Crippen LogP contribution is 2.11. The smallest absolute Gasteiger partial charge is 0.274 e. The number of hydrogen-bond acceptors (Lipinski definition) is 3. The van der Waals surface area contributed by atoms with Gasteiger partial charge in [-0.25, -0.2) is 0 Å². The number of benzene rings is 2. The summed E-state index contributed by atoms with van der Waals surface area (Å²) in [6.07, 6.45) is 0.135. The van der Waals surface area contributed by atoms with Gasteiger partial charge in [0.2, 0.25) is 0 Å². The van der Waals surface area contributed by atoms with Crippen LogP contribution in [0, 0.1) is 5.41 Å². The molecule has 4 heteroatoms. The third-order valence-electron chi connectivity index (χ3n) is 3.26. The second-order valence-electron chi connectivity index (χ2n) is 4.81. The number of nitrogens with zero attached hydrogens (tertiary/aromatic N) is 1. The lowest BCUT2D eigenvalue weighted by Gasteiger charge is -2.26. The lowest BCUT2D eigenvalue weighted by molar-refractivity contribution is -0.131. The van der Waals surface area contributed by atoms with Crippen molar-refractivity contribution in [3.63, 3.8) is 0 Å². The van der Waals surface area contributed by atoms with E-state index in [1.165, 1.54) is 11.0 Å². The summed E-state index contributed by atoms with van der Waals surface area (Å²) >= 11 is 0. The van der Waals surface area contributed by atoms with Gasteiger partial charge in [-0.05, 0) is 11.6 Å². The fraction of sp³-hybridized carbons (Fsp3) is 0.111. The number of aliphatic hydroxyl groups excluding tert-OH is 1. The summed E-state index contributed by atoms with van der Waals surface area (Å²) in [5, 5.41) is 18.1. The van der Waals surface area contributed by atoms with Crippen molar-refractivity contribution in [2.75, 3.05) is 0 Å². The van der Waals surface area contributed by atoms with Gasteiger partial charge in [0.1, 0.15) is 11.9 Å². The largest absolute Gasteiger partial charge is 0.370 e. The Morgan fingerprint density at radius 3 is 2.23 bits per heavy atom. The molecule has 112 valence electrons. The maximum Gasteiger partial charge on any atom is 0.274 e. The average molecular weight is 294 g/mol. The highest BCUT2D eigenvalue weighted by Gasteiger charge is 2.24. The predicted molar refractivity (Wildman–Crippen MR) is 86.5 cm³/mol. The quantitative estimate of drug-likeness (QED) is 0.488. The zero-order chi connectivity index (χ0) is 15.9. The topological polar surface area (TPSA) is 64.4 Å². The second-order valence-corrected chi connectivity index (χ2v) is 4.81. The summed E-state index contributed by atoms with van der Waals surface area (Å²) in [4.78, 5) is 13.8. The van der Waals surface area contributed by atoms with Crippen LogP contribution >= 0.6 is 0 Å². The Hall–Kier alpha value is -2.72. The Kier molecular flexibility index (Phi) is 5.22. The van der Waals surface area contributed by atoms with Gasteiger partial charge in [0, 0.05) is 12.1 Å². The van der Waals surface area contributed by atoms with Crippen LogP contribution in [0.4, 0.5) is 0 Å². The van der Waals surface area contributed by atoms with E-state index in [1.54, 1.807) is 24.3 Å².